The van der Waals surface area contributed by atoms with Gasteiger partial charge in [0.2, 0.25) is 0 Å². The van der Waals surface area contributed by atoms with E-state index in [2.05, 4.69) is 153 Å². The molecule has 8 aromatic carbocycles. The molecule has 0 atom stereocenters. The molecule has 0 aliphatic carbocycles. The summed E-state index contributed by atoms with van der Waals surface area (Å²) in [5, 5.41) is 2.46. The van der Waals surface area contributed by atoms with Crippen molar-refractivity contribution in [2.24, 2.45) is 0 Å². The number of hydrogen-bond donors (Lipinski definition) is 0. The number of aromatic nitrogens is 7. The summed E-state index contributed by atoms with van der Waals surface area (Å²) in [5.74, 6) is 0. The molecule has 0 saturated heterocycles. The number of para-hydroxylation sites is 2. The molecule has 12 aromatic rings. The maximum absolute atomic E-state index is 4.94. The van der Waals surface area contributed by atoms with Gasteiger partial charge in [0.15, 0.2) is 0 Å². The van der Waals surface area contributed by atoms with E-state index >= 15 is 0 Å². The van der Waals surface area contributed by atoms with Crippen molar-refractivity contribution in [1.29, 1.82) is 0 Å². The molecular formula is C48H28N8S3. The van der Waals surface area contributed by atoms with Crippen LogP contribution >= 0.6 is 35.2 Å². The molecule has 11 heteroatoms. The quantitative estimate of drug-likeness (QED) is 0.158. The van der Waals surface area contributed by atoms with Crippen molar-refractivity contribution >= 4 is 107 Å². The second-order valence-corrected chi connectivity index (χ2v) is 15.9. The molecule has 0 aliphatic heterocycles. The molecule has 0 saturated carbocycles. The lowest BCUT2D eigenvalue weighted by molar-refractivity contribution is 1.18. The number of hydrogen-bond acceptors (Lipinski definition) is 10. The second-order valence-electron chi connectivity index (χ2n) is 14.3. The van der Waals surface area contributed by atoms with E-state index in [0.717, 1.165) is 83.7 Å². The van der Waals surface area contributed by atoms with Crippen LogP contribution in [0.5, 0.6) is 0 Å². The van der Waals surface area contributed by atoms with Crippen LogP contribution in [0.25, 0.3) is 94.0 Å². The Morgan fingerprint density at radius 1 is 0.356 bits per heavy atom. The van der Waals surface area contributed by atoms with Gasteiger partial charge in [0.25, 0.3) is 0 Å². The lowest BCUT2D eigenvalue weighted by Crippen LogP contribution is -2.12. The van der Waals surface area contributed by atoms with Gasteiger partial charge in [-0.1, -0.05) is 103 Å². The molecule has 4 heterocycles. The Bertz CT molecular complexity index is 3520. The Morgan fingerprint density at radius 2 is 0.898 bits per heavy atom. The molecule has 0 bridgehead atoms. The number of rotatable bonds is 7. The smallest absolute Gasteiger partial charge is 0.129 e. The average molecular weight is 813 g/mol. The second kappa shape index (κ2) is 13.7. The van der Waals surface area contributed by atoms with Gasteiger partial charge in [0, 0.05) is 27.6 Å². The molecule has 59 heavy (non-hydrogen) atoms. The Labute approximate surface area is 349 Å². The Hall–Kier alpha value is -7.18. The van der Waals surface area contributed by atoms with E-state index < -0.39 is 0 Å². The van der Waals surface area contributed by atoms with Gasteiger partial charge >= 0.3 is 0 Å². The van der Waals surface area contributed by atoms with Crippen molar-refractivity contribution < 1.29 is 0 Å². The number of benzene rings is 8. The van der Waals surface area contributed by atoms with E-state index in [-0.39, 0.29) is 0 Å². The monoisotopic (exact) mass is 812 g/mol. The number of nitrogens with zero attached hydrogens (tertiary/aromatic N) is 8. The van der Waals surface area contributed by atoms with Gasteiger partial charge in [-0.15, -0.1) is 0 Å². The Morgan fingerprint density at radius 3 is 1.63 bits per heavy atom. The van der Waals surface area contributed by atoms with Crippen LogP contribution in [0.15, 0.2) is 170 Å². The summed E-state index contributed by atoms with van der Waals surface area (Å²) in [6.07, 6.45) is 0. The van der Waals surface area contributed by atoms with Crippen molar-refractivity contribution in [3.8, 4) is 39.1 Å². The van der Waals surface area contributed by atoms with Crippen LogP contribution in [-0.2, 0) is 0 Å². The van der Waals surface area contributed by atoms with Crippen molar-refractivity contribution in [1.82, 2.24) is 30.8 Å². The van der Waals surface area contributed by atoms with Gasteiger partial charge in [0.1, 0.15) is 33.1 Å². The van der Waals surface area contributed by atoms with E-state index in [1.807, 2.05) is 30.3 Å². The minimum absolute atomic E-state index is 0.792. The van der Waals surface area contributed by atoms with Crippen molar-refractivity contribution in [2.75, 3.05) is 4.90 Å². The van der Waals surface area contributed by atoms with Gasteiger partial charge in [-0.3, -0.25) is 0 Å². The molecule has 8 nitrogen and oxygen atoms in total. The lowest BCUT2D eigenvalue weighted by atomic mass is 9.97. The lowest BCUT2D eigenvalue weighted by Gasteiger charge is -2.26. The van der Waals surface area contributed by atoms with Crippen LogP contribution < -0.4 is 4.90 Å². The summed E-state index contributed by atoms with van der Waals surface area (Å²) in [5.41, 5.74) is 17.6. The fraction of sp³-hybridized carbons (Fsp3) is 0. The van der Waals surface area contributed by atoms with Crippen LogP contribution in [0.4, 0.5) is 17.1 Å². The predicted molar refractivity (Wildman–Crippen MR) is 245 cm³/mol. The van der Waals surface area contributed by atoms with E-state index in [9.17, 15) is 0 Å². The topological polar surface area (TPSA) is 85.5 Å². The Kier molecular flexibility index (Phi) is 7.90. The fourth-order valence-corrected chi connectivity index (χ4v) is 10.0. The van der Waals surface area contributed by atoms with E-state index in [0.29, 0.717) is 0 Å². The summed E-state index contributed by atoms with van der Waals surface area (Å²) >= 11 is 3.64. The summed E-state index contributed by atoms with van der Waals surface area (Å²) in [4.78, 5) is 2.20. The summed E-state index contributed by atoms with van der Waals surface area (Å²) in [7, 11) is 0. The third-order valence-electron chi connectivity index (χ3n) is 11.1. The first kappa shape index (κ1) is 33.9. The summed E-state index contributed by atoms with van der Waals surface area (Å²) < 4.78 is 31.2. The number of anilines is 3. The molecule has 0 spiro atoms. The minimum Gasteiger partial charge on any atom is -0.309 e. The molecule has 0 amide bonds. The van der Waals surface area contributed by atoms with E-state index in [1.54, 1.807) is 0 Å². The zero-order valence-electron chi connectivity index (χ0n) is 31.0. The van der Waals surface area contributed by atoms with Crippen molar-refractivity contribution in [3.63, 3.8) is 0 Å². The largest absolute Gasteiger partial charge is 0.309 e. The van der Waals surface area contributed by atoms with Crippen molar-refractivity contribution in [3.05, 3.63) is 170 Å². The standard InChI is InChI=1S/C48H28N8S3/c1-3-10-30(11-4-1)34-23-26-42(47-44(34)50-58-53-47)56(41-17-9-15-38-46(41)52-57-49-38)43-27-24-35(45-48(43)54-59-51-45)31-20-18-29(19-21-31)32-22-25-40-37(28-32)36-14-7-8-16-39(36)55(40)33-12-5-2-6-13-33/h1-28H. The van der Waals surface area contributed by atoms with Gasteiger partial charge < -0.3 is 9.47 Å². The van der Waals surface area contributed by atoms with Crippen molar-refractivity contribution in [2.45, 2.75) is 0 Å². The van der Waals surface area contributed by atoms with Crippen LogP contribution in [0.1, 0.15) is 0 Å². The maximum Gasteiger partial charge on any atom is 0.129 e. The minimum atomic E-state index is 0.792. The van der Waals surface area contributed by atoms with Crippen LogP contribution in [0.3, 0.4) is 0 Å². The predicted octanol–water partition coefficient (Wildman–Crippen LogP) is 13.3. The first-order chi connectivity index (χ1) is 29.3. The number of fused-ring (bicyclic) bond motifs is 6. The maximum atomic E-state index is 4.94. The fourth-order valence-electron chi connectivity index (χ4n) is 8.36. The molecule has 0 radical (unpaired) electrons. The Balaban J connectivity index is 0.965. The zero-order chi connectivity index (χ0) is 38.9. The van der Waals surface area contributed by atoms with Crippen LogP contribution in [-0.4, -0.2) is 30.8 Å². The highest BCUT2D eigenvalue weighted by atomic mass is 32.1. The molecular weight excluding hydrogens is 785 g/mol. The van der Waals surface area contributed by atoms with Gasteiger partial charge in [0.05, 0.1) is 63.3 Å². The molecule has 0 N–H and O–H groups in total. The third-order valence-corrected chi connectivity index (χ3v) is 12.7. The van der Waals surface area contributed by atoms with E-state index in [4.69, 9.17) is 21.9 Å². The SMILES string of the molecule is c1ccc(-c2ccc(N(c3cccc4nsnc34)c3ccc(-c4ccc(-c5ccc6c(c5)c5ccccc5n6-c5ccccc5)cc4)c4nsnc34)c3nsnc23)cc1. The summed E-state index contributed by atoms with van der Waals surface area (Å²) in [6.45, 7) is 0. The molecule has 0 aliphatic rings. The highest BCUT2D eigenvalue weighted by Gasteiger charge is 2.26. The molecule has 0 fully saturated rings. The first-order valence-electron chi connectivity index (χ1n) is 19.1. The average Bonchev–Trinajstić information content (AvgIpc) is 4.14. The van der Waals surface area contributed by atoms with Crippen LogP contribution in [0.2, 0.25) is 0 Å². The summed E-state index contributed by atoms with van der Waals surface area (Å²) in [6, 6.07) is 59.7. The molecule has 278 valence electrons. The first-order valence-corrected chi connectivity index (χ1v) is 21.2. The molecule has 12 rings (SSSR count). The molecule has 0 unspecified atom stereocenters. The third kappa shape index (κ3) is 5.47. The highest BCUT2D eigenvalue weighted by Crippen LogP contribution is 2.46. The van der Waals surface area contributed by atoms with Gasteiger partial charge in [-0.25, -0.2) is 0 Å². The highest BCUT2D eigenvalue weighted by molar-refractivity contribution is 7.00. The van der Waals surface area contributed by atoms with Crippen LogP contribution in [0, 0.1) is 0 Å². The normalized spacial score (nSPS) is 11.7. The van der Waals surface area contributed by atoms with E-state index in [1.165, 1.54) is 62.6 Å². The zero-order valence-corrected chi connectivity index (χ0v) is 33.4. The van der Waals surface area contributed by atoms with Gasteiger partial charge in [-0.05, 0) is 89.0 Å². The van der Waals surface area contributed by atoms with Gasteiger partial charge in [-0.2, -0.15) is 26.2 Å². The molecule has 4 aromatic heterocycles.